The predicted octanol–water partition coefficient (Wildman–Crippen LogP) is 0.0970. The highest BCUT2D eigenvalue weighted by molar-refractivity contribution is 5.67. The molecule has 0 saturated carbocycles. The largest absolute Gasteiger partial charge is 0.481 e. The van der Waals surface area contributed by atoms with Gasteiger partial charge in [-0.3, -0.25) is 9.69 Å². The summed E-state index contributed by atoms with van der Waals surface area (Å²) in [5, 5.41) is 8.73. The van der Waals surface area contributed by atoms with Crippen LogP contribution in [0.5, 0.6) is 0 Å². The Morgan fingerprint density at radius 3 is 2.93 bits per heavy atom. The summed E-state index contributed by atoms with van der Waals surface area (Å²) in [6.07, 6.45) is 1.41. The zero-order valence-corrected chi connectivity index (χ0v) is 8.65. The average Bonchev–Trinajstić information content (AvgIpc) is 2.44. The maximum Gasteiger partial charge on any atom is 0.303 e. The molecular formula is C10H18N2O2. The lowest BCUT2D eigenvalue weighted by Crippen LogP contribution is -2.48. The first kappa shape index (κ1) is 9.93. The first-order valence-corrected chi connectivity index (χ1v) is 5.29. The quantitative estimate of drug-likeness (QED) is 0.683. The van der Waals surface area contributed by atoms with E-state index in [2.05, 4.69) is 16.8 Å². The van der Waals surface area contributed by atoms with Gasteiger partial charge < -0.3 is 10.0 Å². The van der Waals surface area contributed by atoms with Crippen LogP contribution in [0.2, 0.25) is 0 Å². The van der Waals surface area contributed by atoms with Crippen LogP contribution in [0.15, 0.2) is 0 Å². The Balaban J connectivity index is 1.89. The summed E-state index contributed by atoms with van der Waals surface area (Å²) < 4.78 is 0. The fourth-order valence-corrected chi connectivity index (χ4v) is 2.70. The summed E-state index contributed by atoms with van der Waals surface area (Å²) in [5.41, 5.74) is 0. The van der Waals surface area contributed by atoms with E-state index >= 15 is 0 Å². The van der Waals surface area contributed by atoms with Gasteiger partial charge in [-0.25, -0.2) is 0 Å². The van der Waals surface area contributed by atoms with Crippen molar-refractivity contribution in [3.63, 3.8) is 0 Å². The second-order valence-corrected chi connectivity index (χ2v) is 4.61. The summed E-state index contributed by atoms with van der Waals surface area (Å²) in [6.45, 7) is 4.33. The molecule has 4 heteroatoms. The smallest absolute Gasteiger partial charge is 0.303 e. The van der Waals surface area contributed by atoms with Gasteiger partial charge in [0.25, 0.3) is 0 Å². The van der Waals surface area contributed by atoms with Crippen LogP contribution in [-0.4, -0.2) is 60.1 Å². The summed E-state index contributed by atoms with van der Waals surface area (Å²) in [7, 11) is 2.14. The number of hydrogen-bond acceptors (Lipinski definition) is 3. The van der Waals surface area contributed by atoms with E-state index in [1.54, 1.807) is 0 Å². The maximum absolute atomic E-state index is 10.6. The van der Waals surface area contributed by atoms with Gasteiger partial charge in [-0.1, -0.05) is 0 Å². The predicted molar refractivity (Wildman–Crippen MR) is 53.2 cm³/mol. The molecule has 14 heavy (non-hydrogen) atoms. The van der Waals surface area contributed by atoms with Crippen LogP contribution >= 0.6 is 0 Å². The molecule has 2 aliphatic rings. The molecule has 2 fully saturated rings. The number of nitrogens with zero attached hydrogens (tertiary/aromatic N) is 2. The van der Waals surface area contributed by atoms with Gasteiger partial charge in [-0.05, 0) is 19.4 Å². The molecule has 0 aromatic rings. The van der Waals surface area contributed by atoms with E-state index in [-0.39, 0.29) is 0 Å². The van der Waals surface area contributed by atoms with E-state index in [1.165, 1.54) is 0 Å². The Bertz CT molecular complexity index is 232. The number of carboxylic acids is 1. The lowest BCUT2D eigenvalue weighted by molar-refractivity contribution is -0.138. The zero-order chi connectivity index (χ0) is 10.1. The molecular weight excluding hydrogens is 180 g/mol. The van der Waals surface area contributed by atoms with Gasteiger partial charge in [-0.15, -0.1) is 0 Å². The van der Waals surface area contributed by atoms with Crippen LogP contribution in [0.25, 0.3) is 0 Å². The van der Waals surface area contributed by atoms with E-state index in [1.807, 2.05) is 0 Å². The Morgan fingerprint density at radius 1 is 1.43 bits per heavy atom. The number of carbonyl (C=O) groups is 1. The number of hydrogen-bond donors (Lipinski definition) is 1. The number of likely N-dealkylation sites (N-methyl/N-ethyl adjacent to an activating group) is 1. The van der Waals surface area contributed by atoms with Crippen molar-refractivity contribution < 1.29 is 9.90 Å². The molecule has 1 N–H and O–H groups in total. The van der Waals surface area contributed by atoms with Crippen molar-refractivity contribution in [3.05, 3.63) is 0 Å². The van der Waals surface area contributed by atoms with Gasteiger partial charge in [-0.2, -0.15) is 0 Å². The number of aliphatic carboxylic acids is 1. The second-order valence-electron chi connectivity index (χ2n) is 4.61. The molecule has 0 aromatic carbocycles. The minimum absolute atomic E-state index is 0.344. The molecule has 0 aromatic heterocycles. The van der Waals surface area contributed by atoms with E-state index in [4.69, 9.17) is 5.11 Å². The number of carboxylic acid groups (broad SMARTS) is 1. The Morgan fingerprint density at radius 2 is 2.21 bits per heavy atom. The van der Waals surface area contributed by atoms with Gasteiger partial charge >= 0.3 is 5.97 Å². The van der Waals surface area contributed by atoms with Crippen molar-refractivity contribution in [1.29, 1.82) is 0 Å². The summed E-state index contributed by atoms with van der Waals surface area (Å²) in [4.78, 5) is 15.4. The summed E-state index contributed by atoms with van der Waals surface area (Å²) in [6, 6.07) is 0.609. The topological polar surface area (TPSA) is 43.8 Å². The molecule has 0 aliphatic carbocycles. The Labute approximate surface area is 84.5 Å². The normalized spacial score (nSPS) is 34.4. The first-order valence-electron chi connectivity index (χ1n) is 5.29. The molecule has 80 valence electrons. The highest BCUT2D eigenvalue weighted by Crippen LogP contribution is 2.27. The molecule has 0 bridgehead atoms. The third kappa shape index (κ3) is 2.07. The van der Waals surface area contributed by atoms with E-state index in [0.717, 1.165) is 32.6 Å². The maximum atomic E-state index is 10.6. The Kier molecular flexibility index (Phi) is 2.74. The molecule has 2 aliphatic heterocycles. The molecule has 2 heterocycles. The minimum Gasteiger partial charge on any atom is -0.481 e. The van der Waals surface area contributed by atoms with Gasteiger partial charge in [0.2, 0.25) is 0 Å². The molecule has 2 unspecified atom stereocenters. The molecule has 0 radical (unpaired) electrons. The van der Waals surface area contributed by atoms with Crippen LogP contribution in [0.4, 0.5) is 0 Å². The molecule has 2 rings (SSSR count). The van der Waals surface area contributed by atoms with Gasteiger partial charge in [0.05, 0.1) is 0 Å². The van der Waals surface area contributed by atoms with Crippen LogP contribution in [0.1, 0.15) is 12.8 Å². The summed E-state index contributed by atoms with van der Waals surface area (Å²) >= 11 is 0. The third-order valence-corrected chi connectivity index (χ3v) is 3.37. The molecule has 0 amide bonds. The van der Waals surface area contributed by atoms with Gasteiger partial charge in [0, 0.05) is 38.6 Å². The van der Waals surface area contributed by atoms with Crippen LogP contribution in [-0.2, 0) is 4.79 Å². The van der Waals surface area contributed by atoms with Crippen molar-refractivity contribution in [3.8, 4) is 0 Å². The second kappa shape index (κ2) is 3.87. The lowest BCUT2D eigenvalue weighted by Gasteiger charge is -2.35. The van der Waals surface area contributed by atoms with Gasteiger partial charge in [0.1, 0.15) is 0 Å². The van der Waals surface area contributed by atoms with E-state index < -0.39 is 5.97 Å². The zero-order valence-electron chi connectivity index (χ0n) is 8.65. The van der Waals surface area contributed by atoms with Crippen LogP contribution in [0, 0.1) is 5.92 Å². The minimum atomic E-state index is -0.650. The SMILES string of the molecule is CN1CCN2CC(CC(=O)O)CC2C1. The van der Waals surface area contributed by atoms with Crippen molar-refractivity contribution in [2.45, 2.75) is 18.9 Å². The standard InChI is InChI=1S/C10H18N2O2/c1-11-2-3-12-6-8(5-10(13)14)4-9(12)7-11/h8-9H,2-7H2,1H3,(H,13,14). The monoisotopic (exact) mass is 198 g/mol. The average molecular weight is 198 g/mol. The van der Waals surface area contributed by atoms with Crippen LogP contribution < -0.4 is 0 Å². The first-order chi connectivity index (χ1) is 6.65. The van der Waals surface area contributed by atoms with Crippen LogP contribution in [0.3, 0.4) is 0 Å². The lowest BCUT2D eigenvalue weighted by atomic mass is 10.0. The number of fused-ring (bicyclic) bond motifs is 1. The van der Waals surface area contributed by atoms with Crippen molar-refractivity contribution in [2.24, 2.45) is 5.92 Å². The highest BCUT2D eigenvalue weighted by Gasteiger charge is 2.35. The summed E-state index contributed by atoms with van der Waals surface area (Å²) in [5.74, 6) is -0.271. The molecule has 4 nitrogen and oxygen atoms in total. The molecule has 0 spiro atoms. The van der Waals surface area contributed by atoms with Crippen molar-refractivity contribution in [1.82, 2.24) is 9.80 Å². The van der Waals surface area contributed by atoms with E-state index in [0.29, 0.717) is 18.4 Å². The van der Waals surface area contributed by atoms with Crippen molar-refractivity contribution in [2.75, 3.05) is 33.2 Å². The van der Waals surface area contributed by atoms with E-state index in [9.17, 15) is 4.79 Å². The fourth-order valence-electron chi connectivity index (χ4n) is 2.70. The molecule has 2 saturated heterocycles. The van der Waals surface area contributed by atoms with Crippen molar-refractivity contribution >= 4 is 5.97 Å². The third-order valence-electron chi connectivity index (χ3n) is 3.37. The highest BCUT2D eigenvalue weighted by atomic mass is 16.4. The fraction of sp³-hybridized carbons (Fsp3) is 0.900. The Hall–Kier alpha value is -0.610. The van der Waals surface area contributed by atoms with Gasteiger partial charge in [0.15, 0.2) is 0 Å². The number of piperazine rings is 1. The number of rotatable bonds is 2. The molecule has 2 atom stereocenters.